The van der Waals surface area contributed by atoms with Gasteiger partial charge in [0.25, 0.3) is 0 Å². The smallest absolute Gasteiger partial charge is 0.0645 e. The summed E-state index contributed by atoms with van der Waals surface area (Å²) in [6.45, 7) is 5.16. The number of hydrogen-bond acceptors (Lipinski definition) is 3. The van der Waals surface area contributed by atoms with E-state index in [-0.39, 0.29) is 5.54 Å². The molecule has 1 fully saturated rings. The maximum absolute atomic E-state index is 5.59. The molecule has 2 heterocycles. The lowest BCUT2D eigenvalue weighted by atomic mass is 9.94. The maximum Gasteiger partial charge on any atom is 0.0645 e. The highest BCUT2D eigenvalue weighted by atomic mass is 32.2. The van der Waals surface area contributed by atoms with Gasteiger partial charge in [-0.25, -0.2) is 0 Å². The predicted molar refractivity (Wildman–Crippen MR) is 76.3 cm³/mol. The molecule has 0 amide bonds. The van der Waals surface area contributed by atoms with Crippen LogP contribution in [0.1, 0.15) is 25.3 Å². The highest BCUT2D eigenvalue weighted by Gasteiger charge is 2.29. The lowest BCUT2D eigenvalue weighted by Crippen LogP contribution is -2.50. The summed E-state index contributed by atoms with van der Waals surface area (Å²) in [5.41, 5.74) is 1.70. The number of ether oxygens (including phenoxy) is 1. The van der Waals surface area contributed by atoms with Gasteiger partial charge in [0.15, 0.2) is 0 Å². The Balaban J connectivity index is 1.53. The molecule has 0 bridgehead atoms. The first kappa shape index (κ1) is 12.5. The van der Waals surface area contributed by atoms with Crippen LogP contribution in [0, 0.1) is 0 Å². The van der Waals surface area contributed by atoms with Crippen LogP contribution in [0.15, 0.2) is 29.2 Å². The van der Waals surface area contributed by atoms with Crippen molar-refractivity contribution in [1.29, 1.82) is 0 Å². The van der Waals surface area contributed by atoms with Crippen molar-refractivity contribution in [3.8, 4) is 0 Å². The topological polar surface area (TPSA) is 21.3 Å². The molecule has 2 unspecified atom stereocenters. The SMILES string of the molecule is CC1(NCC2Cc3ccccc3S2)CCCOC1. The van der Waals surface area contributed by atoms with Crippen molar-refractivity contribution in [2.24, 2.45) is 0 Å². The number of hydrogen-bond donors (Lipinski definition) is 1. The Morgan fingerprint density at radius 1 is 1.44 bits per heavy atom. The molecule has 2 nitrogen and oxygen atoms in total. The third-order valence-corrected chi connectivity index (χ3v) is 5.23. The van der Waals surface area contributed by atoms with Gasteiger partial charge in [0.05, 0.1) is 6.61 Å². The van der Waals surface area contributed by atoms with E-state index in [4.69, 9.17) is 4.74 Å². The fourth-order valence-electron chi connectivity index (χ4n) is 2.80. The minimum atomic E-state index is 0.188. The van der Waals surface area contributed by atoms with E-state index >= 15 is 0 Å². The average Bonchev–Trinajstić information content (AvgIpc) is 2.80. The molecule has 1 saturated heterocycles. The monoisotopic (exact) mass is 263 g/mol. The highest BCUT2D eigenvalue weighted by molar-refractivity contribution is 8.00. The number of rotatable bonds is 3. The van der Waals surface area contributed by atoms with Gasteiger partial charge in [0.1, 0.15) is 0 Å². The third-order valence-electron chi connectivity index (χ3n) is 3.91. The second-order valence-corrected chi connectivity index (χ2v) is 6.99. The summed E-state index contributed by atoms with van der Waals surface area (Å²) < 4.78 is 5.59. The summed E-state index contributed by atoms with van der Waals surface area (Å²) in [5.74, 6) is 0. The van der Waals surface area contributed by atoms with Crippen LogP contribution in [0.2, 0.25) is 0 Å². The van der Waals surface area contributed by atoms with Gasteiger partial charge in [0.2, 0.25) is 0 Å². The Kier molecular flexibility index (Phi) is 3.64. The molecule has 18 heavy (non-hydrogen) atoms. The zero-order chi connectivity index (χ0) is 12.4. The fraction of sp³-hybridized carbons (Fsp3) is 0.600. The maximum atomic E-state index is 5.59. The van der Waals surface area contributed by atoms with E-state index in [1.54, 1.807) is 0 Å². The van der Waals surface area contributed by atoms with Crippen LogP contribution in [-0.4, -0.2) is 30.5 Å². The Bertz CT molecular complexity index is 390. The van der Waals surface area contributed by atoms with E-state index in [0.29, 0.717) is 5.25 Å². The summed E-state index contributed by atoms with van der Waals surface area (Å²) in [7, 11) is 0. The van der Waals surface area contributed by atoms with E-state index in [1.165, 1.54) is 29.7 Å². The molecule has 0 radical (unpaired) electrons. The van der Waals surface area contributed by atoms with E-state index < -0.39 is 0 Å². The van der Waals surface area contributed by atoms with Crippen LogP contribution >= 0.6 is 11.8 Å². The summed E-state index contributed by atoms with van der Waals surface area (Å²) in [5, 5.41) is 4.41. The van der Waals surface area contributed by atoms with Crippen LogP contribution in [0.3, 0.4) is 0 Å². The molecular weight excluding hydrogens is 242 g/mol. The van der Waals surface area contributed by atoms with Gasteiger partial charge in [-0.05, 0) is 37.8 Å². The van der Waals surface area contributed by atoms with Crippen molar-refractivity contribution >= 4 is 11.8 Å². The molecule has 2 atom stereocenters. The van der Waals surface area contributed by atoms with E-state index in [0.717, 1.165) is 19.8 Å². The predicted octanol–water partition coefficient (Wildman–Crippen LogP) is 2.86. The average molecular weight is 263 g/mol. The molecule has 2 aliphatic rings. The van der Waals surface area contributed by atoms with Crippen LogP contribution < -0.4 is 5.32 Å². The van der Waals surface area contributed by atoms with E-state index in [1.807, 2.05) is 11.8 Å². The van der Waals surface area contributed by atoms with Gasteiger partial charge >= 0.3 is 0 Å². The molecule has 98 valence electrons. The first-order valence-electron chi connectivity index (χ1n) is 6.83. The largest absolute Gasteiger partial charge is 0.380 e. The first-order chi connectivity index (χ1) is 8.75. The van der Waals surface area contributed by atoms with Crippen molar-refractivity contribution in [3.63, 3.8) is 0 Å². The van der Waals surface area contributed by atoms with Crippen LogP contribution in [0.25, 0.3) is 0 Å². The molecule has 1 aromatic rings. The van der Waals surface area contributed by atoms with Gasteiger partial charge in [-0.15, -0.1) is 11.8 Å². The second-order valence-electron chi connectivity index (χ2n) is 5.65. The highest BCUT2D eigenvalue weighted by Crippen LogP contribution is 2.36. The van der Waals surface area contributed by atoms with Crippen molar-refractivity contribution in [3.05, 3.63) is 29.8 Å². The fourth-order valence-corrected chi connectivity index (χ4v) is 4.05. The summed E-state index contributed by atoms with van der Waals surface area (Å²) in [4.78, 5) is 1.47. The Labute approximate surface area is 113 Å². The molecule has 0 aliphatic carbocycles. The molecule has 3 heteroatoms. The molecular formula is C15H21NOS. The standard InChI is InChI=1S/C15H21NOS/c1-15(7-4-8-17-11-15)16-10-13-9-12-5-2-3-6-14(12)18-13/h2-3,5-6,13,16H,4,7-11H2,1H3. The minimum Gasteiger partial charge on any atom is -0.380 e. The number of fused-ring (bicyclic) bond motifs is 1. The van der Waals surface area contributed by atoms with Crippen molar-refractivity contribution in [2.75, 3.05) is 19.8 Å². The summed E-state index contributed by atoms with van der Waals surface area (Å²) in [6, 6.07) is 8.78. The van der Waals surface area contributed by atoms with Gasteiger partial charge in [-0.1, -0.05) is 18.2 Å². The van der Waals surface area contributed by atoms with E-state index in [2.05, 4.69) is 36.5 Å². The summed E-state index contributed by atoms with van der Waals surface area (Å²) in [6.07, 6.45) is 3.61. The van der Waals surface area contributed by atoms with Gasteiger partial charge in [-0.3, -0.25) is 0 Å². The van der Waals surface area contributed by atoms with Crippen molar-refractivity contribution < 1.29 is 4.74 Å². The van der Waals surface area contributed by atoms with Crippen molar-refractivity contribution in [2.45, 2.75) is 41.9 Å². The number of benzene rings is 1. The molecule has 3 rings (SSSR count). The lowest BCUT2D eigenvalue weighted by molar-refractivity contribution is 0.0289. The molecule has 0 aromatic heterocycles. The minimum absolute atomic E-state index is 0.188. The zero-order valence-corrected chi connectivity index (χ0v) is 11.8. The molecule has 1 aromatic carbocycles. The quantitative estimate of drug-likeness (QED) is 0.906. The van der Waals surface area contributed by atoms with Gasteiger partial charge < -0.3 is 10.1 Å². The summed E-state index contributed by atoms with van der Waals surface area (Å²) >= 11 is 2.02. The normalized spacial score (nSPS) is 31.3. The Morgan fingerprint density at radius 3 is 3.11 bits per heavy atom. The second kappa shape index (κ2) is 5.24. The van der Waals surface area contributed by atoms with Gasteiger partial charge in [0, 0.05) is 28.8 Å². The first-order valence-corrected chi connectivity index (χ1v) is 7.70. The number of thioether (sulfide) groups is 1. The molecule has 1 N–H and O–H groups in total. The Morgan fingerprint density at radius 2 is 2.33 bits per heavy atom. The van der Waals surface area contributed by atoms with Gasteiger partial charge in [-0.2, -0.15) is 0 Å². The van der Waals surface area contributed by atoms with Crippen LogP contribution in [0.4, 0.5) is 0 Å². The van der Waals surface area contributed by atoms with Crippen molar-refractivity contribution in [1.82, 2.24) is 5.32 Å². The zero-order valence-electron chi connectivity index (χ0n) is 10.9. The van der Waals surface area contributed by atoms with E-state index in [9.17, 15) is 0 Å². The molecule has 0 saturated carbocycles. The molecule has 2 aliphatic heterocycles. The van der Waals surface area contributed by atoms with Crippen LogP contribution in [0.5, 0.6) is 0 Å². The lowest BCUT2D eigenvalue weighted by Gasteiger charge is -2.35. The third kappa shape index (κ3) is 2.73. The van der Waals surface area contributed by atoms with Crippen LogP contribution in [-0.2, 0) is 11.2 Å². The molecule has 0 spiro atoms. The number of nitrogens with one attached hydrogen (secondary N) is 1. The Hall–Kier alpha value is -0.510.